The number of nitrogens with zero attached hydrogens (tertiary/aromatic N) is 1. The highest BCUT2D eigenvalue weighted by Gasteiger charge is 2.37. The van der Waals surface area contributed by atoms with Crippen LogP contribution in [-0.4, -0.2) is 42.0 Å². The molecule has 1 amide bonds. The van der Waals surface area contributed by atoms with E-state index in [2.05, 4.69) is 4.90 Å². The van der Waals surface area contributed by atoms with Crippen molar-refractivity contribution in [2.45, 2.75) is 50.7 Å². The summed E-state index contributed by atoms with van der Waals surface area (Å²) in [5.74, 6) is 0.952. The topological polar surface area (TPSA) is 29.5 Å². The Morgan fingerprint density at radius 2 is 2.25 bits per heavy atom. The Bertz CT molecular complexity index is 247. The van der Waals surface area contributed by atoms with E-state index in [4.69, 9.17) is 16.3 Å². The molecule has 1 saturated heterocycles. The second kappa shape index (κ2) is 5.87. The fraction of sp³-hybridized carbons (Fsp3) is 0.917. The van der Waals surface area contributed by atoms with Crippen LogP contribution in [-0.2, 0) is 9.53 Å². The minimum Gasteiger partial charge on any atom is -0.374 e. The van der Waals surface area contributed by atoms with Gasteiger partial charge in [-0.3, -0.25) is 4.79 Å². The summed E-state index contributed by atoms with van der Waals surface area (Å²) in [6.45, 7) is 1.49. The van der Waals surface area contributed by atoms with Crippen LogP contribution >= 0.6 is 11.6 Å². The van der Waals surface area contributed by atoms with Gasteiger partial charge in [0.1, 0.15) is 0 Å². The molecule has 1 aliphatic heterocycles. The molecule has 4 heteroatoms. The molecule has 1 saturated carbocycles. The number of alkyl halides is 1. The van der Waals surface area contributed by atoms with Gasteiger partial charge in [0.2, 0.25) is 5.91 Å². The van der Waals surface area contributed by atoms with E-state index in [9.17, 15) is 4.79 Å². The molecule has 2 atom stereocenters. The van der Waals surface area contributed by atoms with Gasteiger partial charge in [-0.1, -0.05) is 0 Å². The fourth-order valence-corrected chi connectivity index (χ4v) is 2.94. The molecule has 3 nitrogen and oxygen atoms in total. The van der Waals surface area contributed by atoms with Gasteiger partial charge >= 0.3 is 0 Å². The van der Waals surface area contributed by atoms with E-state index in [0.717, 1.165) is 32.2 Å². The Morgan fingerprint density at radius 3 is 3.06 bits per heavy atom. The molecular formula is C12H20ClNO2. The number of halogens is 1. The molecule has 0 aromatic rings. The second-order valence-corrected chi connectivity index (χ2v) is 5.02. The number of hydrogen-bond donors (Lipinski definition) is 0. The number of hydrogen-bond acceptors (Lipinski definition) is 2. The molecule has 2 fully saturated rings. The average molecular weight is 246 g/mol. The van der Waals surface area contributed by atoms with Crippen molar-refractivity contribution in [1.29, 1.82) is 0 Å². The first kappa shape index (κ1) is 12.2. The number of fused-ring (bicyclic) bond motifs is 1. The zero-order valence-corrected chi connectivity index (χ0v) is 10.4. The smallest absolute Gasteiger partial charge is 0.222 e. The highest BCUT2D eigenvalue weighted by molar-refractivity contribution is 6.17. The summed E-state index contributed by atoms with van der Waals surface area (Å²) in [6.07, 6.45) is 6.24. The quantitative estimate of drug-likeness (QED) is 0.561. The number of unbranched alkanes of at least 4 members (excludes halogenated alkanes) is 1. The fourth-order valence-electron chi connectivity index (χ4n) is 2.75. The van der Waals surface area contributed by atoms with Crippen molar-refractivity contribution < 1.29 is 9.53 Å². The SMILES string of the molecule is O=C(CCCCCl)N1CCOC2CCCC21. The Morgan fingerprint density at radius 1 is 1.38 bits per heavy atom. The molecule has 0 aromatic carbocycles. The third kappa shape index (κ3) is 2.69. The van der Waals surface area contributed by atoms with Gasteiger partial charge in [0.05, 0.1) is 18.8 Å². The van der Waals surface area contributed by atoms with E-state index < -0.39 is 0 Å². The van der Waals surface area contributed by atoms with Crippen LogP contribution in [0.2, 0.25) is 0 Å². The van der Waals surface area contributed by atoms with Crippen molar-refractivity contribution in [2.75, 3.05) is 19.0 Å². The molecule has 1 heterocycles. The maximum absolute atomic E-state index is 12.0. The van der Waals surface area contributed by atoms with Crippen LogP contribution in [0.3, 0.4) is 0 Å². The van der Waals surface area contributed by atoms with E-state index >= 15 is 0 Å². The van der Waals surface area contributed by atoms with Crippen molar-refractivity contribution in [1.82, 2.24) is 4.90 Å². The molecular weight excluding hydrogens is 226 g/mol. The van der Waals surface area contributed by atoms with Crippen molar-refractivity contribution in [3.63, 3.8) is 0 Å². The molecule has 1 aliphatic carbocycles. The molecule has 0 bridgehead atoms. The van der Waals surface area contributed by atoms with Crippen LogP contribution in [0, 0.1) is 0 Å². The van der Waals surface area contributed by atoms with Crippen molar-refractivity contribution in [2.24, 2.45) is 0 Å². The van der Waals surface area contributed by atoms with Gasteiger partial charge in [-0.15, -0.1) is 11.6 Å². The van der Waals surface area contributed by atoms with Gasteiger partial charge in [0, 0.05) is 18.8 Å². The van der Waals surface area contributed by atoms with Crippen LogP contribution in [0.4, 0.5) is 0 Å². The van der Waals surface area contributed by atoms with E-state index in [1.165, 1.54) is 6.42 Å². The lowest BCUT2D eigenvalue weighted by Crippen LogP contribution is -2.51. The largest absolute Gasteiger partial charge is 0.374 e. The molecule has 0 radical (unpaired) electrons. The van der Waals surface area contributed by atoms with Gasteiger partial charge in [0.25, 0.3) is 0 Å². The second-order valence-electron chi connectivity index (χ2n) is 4.64. The molecule has 0 N–H and O–H groups in total. The zero-order valence-electron chi connectivity index (χ0n) is 9.66. The normalized spacial score (nSPS) is 29.2. The maximum Gasteiger partial charge on any atom is 0.222 e. The molecule has 2 unspecified atom stereocenters. The molecule has 0 aromatic heterocycles. The Kier molecular flexibility index (Phi) is 4.47. The molecule has 0 spiro atoms. The summed E-state index contributed by atoms with van der Waals surface area (Å²) >= 11 is 5.61. The van der Waals surface area contributed by atoms with Gasteiger partial charge in [-0.25, -0.2) is 0 Å². The van der Waals surface area contributed by atoms with E-state index in [1.54, 1.807) is 0 Å². The lowest BCUT2D eigenvalue weighted by atomic mass is 10.1. The molecule has 92 valence electrons. The zero-order chi connectivity index (χ0) is 11.4. The van der Waals surface area contributed by atoms with Crippen LogP contribution < -0.4 is 0 Å². The van der Waals surface area contributed by atoms with Crippen molar-refractivity contribution >= 4 is 17.5 Å². The van der Waals surface area contributed by atoms with Crippen molar-refractivity contribution in [3.05, 3.63) is 0 Å². The number of amides is 1. The number of carbonyl (C=O) groups excluding carboxylic acids is 1. The highest BCUT2D eigenvalue weighted by atomic mass is 35.5. The monoisotopic (exact) mass is 245 g/mol. The summed E-state index contributed by atoms with van der Waals surface area (Å²) in [6, 6.07) is 0.359. The minimum absolute atomic E-state index is 0.297. The van der Waals surface area contributed by atoms with Crippen LogP contribution in [0.1, 0.15) is 38.5 Å². The first-order chi connectivity index (χ1) is 7.83. The van der Waals surface area contributed by atoms with Gasteiger partial charge in [0.15, 0.2) is 0 Å². The maximum atomic E-state index is 12.0. The summed E-state index contributed by atoms with van der Waals surface area (Å²) in [4.78, 5) is 14.1. The average Bonchev–Trinajstić information content (AvgIpc) is 2.76. The van der Waals surface area contributed by atoms with Crippen LogP contribution in [0.15, 0.2) is 0 Å². The molecule has 16 heavy (non-hydrogen) atoms. The minimum atomic E-state index is 0.297. The van der Waals surface area contributed by atoms with Crippen LogP contribution in [0.5, 0.6) is 0 Å². The highest BCUT2D eigenvalue weighted by Crippen LogP contribution is 2.30. The molecule has 2 aliphatic rings. The first-order valence-electron chi connectivity index (χ1n) is 6.30. The molecule has 2 rings (SSSR count). The van der Waals surface area contributed by atoms with Gasteiger partial charge in [-0.05, 0) is 32.1 Å². The summed E-state index contributed by atoms with van der Waals surface area (Å²) < 4.78 is 5.69. The third-order valence-corrected chi connectivity index (χ3v) is 3.84. The Hall–Kier alpha value is -0.280. The standard InChI is InChI=1S/C12H20ClNO2/c13-7-2-1-6-12(15)14-8-9-16-11-5-3-4-10(11)14/h10-11H,1-9H2. The lowest BCUT2D eigenvalue weighted by Gasteiger charge is -2.37. The Balaban J connectivity index is 1.84. The lowest BCUT2D eigenvalue weighted by molar-refractivity contribution is -0.144. The van der Waals surface area contributed by atoms with E-state index in [0.29, 0.717) is 37.0 Å². The number of morpholine rings is 1. The predicted molar refractivity (Wildman–Crippen MR) is 63.7 cm³/mol. The van der Waals surface area contributed by atoms with E-state index in [-0.39, 0.29) is 0 Å². The first-order valence-corrected chi connectivity index (χ1v) is 6.83. The summed E-state index contributed by atoms with van der Waals surface area (Å²) in [7, 11) is 0. The summed E-state index contributed by atoms with van der Waals surface area (Å²) in [5, 5.41) is 0. The summed E-state index contributed by atoms with van der Waals surface area (Å²) in [5.41, 5.74) is 0. The third-order valence-electron chi connectivity index (χ3n) is 3.58. The van der Waals surface area contributed by atoms with Crippen molar-refractivity contribution in [3.8, 4) is 0 Å². The number of carbonyl (C=O) groups is 1. The predicted octanol–water partition coefficient (Wildman–Crippen LogP) is 2.18. The van der Waals surface area contributed by atoms with Crippen LogP contribution in [0.25, 0.3) is 0 Å². The number of rotatable bonds is 4. The van der Waals surface area contributed by atoms with Gasteiger partial charge < -0.3 is 9.64 Å². The van der Waals surface area contributed by atoms with E-state index in [1.807, 2.05) is 0 Å². The number of ether oxygens (including phenoxy) is 1. The Labute approximate surface area is 102 Å². The van der Waals surface area contributed by atoms with Gasteiger partial charge in [-0.2, -0.15) is 0 Å².